The van der Waals surface area contributed by atoms with Gasteiger partial charge < -0.3 is 14.8 Å². The molecule has 0 bridgehead atoms. The lowest BCUT2D eigenvalue weighted by atomic mass is 9.95. The fraction of sp³-hybridized carbons (Fsp3) is 0.571. The molecule has 1 aromatic heterocycles. The van der Waals surface area contributed by atoms with Crippen molar-refractivity contribution in [3.05, 3.63) is 16.0 Å². The maximum atomic E-state index is 12.0. The summed E-state index contributed by atoms with van der Waals surface area (Å²) in [6, 6.07) is 0. The van der Waals surface area contributed by atoms with Crippen LogP contribution in [0.25, 0.3) is 0 Å². The van der Waals surface area contributed by atoms with Crippen LogP contribution in [0.1, 0.15) is 40.6 Å². The molecule has 6 heteroatoms. The zero-order valence-electron chi connectivity index (χ0n) is 11.9. The minimum Gasteiger partial charge on any atom is -0.465 e. The third-order valence-electron chi connectivity index (χ3n) is 3.52. The van der Waals surface area contributed by atoms with E-state index in [0.717, 1.165) is 31.2 Å². The number of methoxy groups -OCH3 is 2. The van der Waals surface area contributed by atoms with Crippen LogP contribution < -0.4 is 5.32 Å². The van der Waals surface area contributed by atoms with Crippen molar-refractivity contribution in [1.29, 1.82) is 0 Å². The first kappa shape index (κ1) is 15.0. The van der Waals surface area contributed by atoms with Crippen molar-refractivity contribution in [3.8, 4) is 0 Å². The molecule has 1 atom stereocenters. The number of hydrogen-bond acceptors (Lipinski definition) is 5. The number of ether oxygens (including phenoxy) is 2. The molecule has 1 aromatic rings. The van der Waals surface area contributed by atoms with E-state index in [1.54, 1.807) is 6.92 Å². The Hall–Kier alpha value is -1.40. The van der Waals surface area contributed by atoms with Crippen molar-refractivity contribution in [3.63, 3.8) is 0 Å². The van der Waals surface area contributed by atoms with Crippen molar-refractivity contribution in [1.82, 2.24) is 0 Å². The Bertz CT molecular complexity index is 523. The zero-order valence-corrected chi connectivity index (χ0v) is 12.8. The molecular weight excluding hydrogens is 278 g/mol. The number of aryl methyl sites for hydroxylation is 1. The van der Waals surface area contributed by atoms with Crippen LogP contribution in [0.4, 0.5) is 5.00 Å². The largest absolute Gasteiger partial charge is 0.465 e. The molecule has 1 aliphatic carbocycles. The highest BCUT2D eigenvalue weighted by Crippen LogP contribution is 2.38. The van der Waals surface area contributed by atoms with E-state index >= 15 is 0 Å². The fourth-order valence-electron chi connectivity index (χ4n) is 2.29. The Labute approximate surface area is 122 Å². The molecule has 0 spiro atoms. The maximum absolute atomic E-state index is 12.0. The average Bonchev–Trinajstić information content (AvgIpc) is 2.83. The predicted octanol–water partition coefficient (Wildman–Crippen LogP) is 2.39. The van der Waals surface area contributed by atoms with Gasteiger partial charge in [-0.05, 0) is 38.2 Å². The lowest BCUT2D eigenvalue weighted by molar-refractivity contribution is -0.124. The molecular formula is C14H19NO4S. The zero-order chi connectivity index (χ0) is 14.7. The van der Waals surface area contributed by atoms with Gasteiger partial charge in [-0.3, -0.25) is 4.79 Å². The van der Waals surface area contributed by atoms with Crippen molar-refractivity contribution in [2.45, 2.75) is 38.7 Å². The molecule has 0 radical (unpaired) electrons. The summed E-state index contributed by atoms with van der Waals surface area (Å²) in [5.74, 6) is -0.638. The van der Waals surface area contributed by atoms with Crippen LogP contribution in [0.15, 0.2) is 0 Å². The smallest absolute Gasteiger partial charge is 0.341 e. The number of fused-ring (bicyclic) bond motifs is 1. The first-order valence-corrected chi connectivity index (χ1v) is 7.46. The molecule has 1 N–H and O–H groups in total. The van der Waals surface area contributed by atoms with E-state index in [9.17, 15) is 9.59 Å². The highest BCUT2D eigenvalue weighted by Gasteiger charge is 2.27. The highest BCUT2D eigenvalue weighted by atomic mass is 32.1. The highest BCUT2D eigenvalue weighted by molar-refractivity contribution is 7.17. The monoisotopic (exact) mass is 297 g/mol. The Morgan fingerprint density at radius 2 is 1.95 bits per heavy atom. The van der Waals surface area contributed by atoms with Crippen LogP contribution in [-0.4, -0.2) is 32.2 Å². The van der Waals surface area contributed by atoms with Gasteiger partial charge in [-0.2, -0.15) is 0 Å². The van der Waals surface area contributed by atoms with E-state index in [-0.39, 0.29) is 11.9 Å². The van der Waals surface area contributed by atoms with Crippen molar-refractivity contribution in [2.75, 3.05) is 19.5 Å². The molecule has 5 nitrogen and oxygen atoms in total. The number of esters is 1. The summed E-state index contributed by atoms with van der Waals surface area (Å²) >= 11 is 1.47. The normalized spacial score (nSPS) is 15.3. The van der Waals surface area contributed by atoms with Gasteiger partial charge in [0.25, 0.3) is 5.91 Å². The van der Waals surface area contributed by atoms with Gasteiger partial charge in [0.05, 0.1) is 12.7 Å². The van der Waals surface area contributed by atoms with E-state index in [1.165, 1.54) is 30.4 Å². The topological polar surface area (TPSA) is 64.6 Å². The van der Waals surface area contributed by atoms with Crippen LogP contribution in [0.5, 0.6) is 0 Å². The van der Waals surface area contributed by atoms with Crippen molar-refractivity contribution < 1.29 is 19.1 Å². The SMILES string of the molecule is COC(=O)c1c(NC(=O)C(C)OC)sc2c1CCCC2. The van der Waals surface area contributed by atoms with Crippen LogP contribution in [0, 0.1) is 0 Å². The standard InChI is InChI=1S/C14H19NO4S/c1-8(18-2)12(16)15-13-11(14(17)19-3)9-6-4-5-7-10(9)20-13/h8H,4-7H2,1-3H3,(H,15,16). The second-order valence-electron chi connectivity index (χ2n) is 4.77. The van der Waals surface area contributed by atoms with Crippen molar-refractivity contribution >= 4 is 28.2 Å². The van der Waals surface area contributed by atoms with E-state index in [0.29, 0.717) is 10.6 Å². The number of hydrogen-bond donors (Lipinski definition) is 1. The third kappa shape index (κ3) is 2.86. The predicted molar refractivity (Wildman–Crippen MR) is 77.4 cm³/mol. The second-order valence-corrected chi connectivity index (χ2v) is 5.88. The van der Waals surface area contributed by atoms with Crippen LogP contribution in [0.3, 0.4) is 0 Å². The third-order valence-corrected chi connectivity index (χ3v) is 4.73. The number of amides is 1. The lowest BCUT2D eigenvalue weighted by Crippen LogP contribution is -2.27. The maximum Gasteiger partial charge on any atom is 0.341 e. The molecule has 0 fully saturated rings. The number of carbonyl (C=O) groups excluding carboxylic acids is 2. The summed E-state index contributed by atoms with van der Waals surface area (Å²) in [5, 5.41) is 3.37. The van der Waals surface area contributed by atoms with Gasteiger partial charge in [0.2, 0.25) is 0 Å². The Kier molecular flexibility index (Phi) is 4.77. The molecule has 2 rings (SSSR count). The minimum atomic E-state index is -0.556. The van der Waals surface area contributed by atoms with E-state index in [1.807, 2.05) is 0 Å². The molecule has 0 aromatic carbocycles. The lowest BCUT2D eigenvalue weighted by Gasteiger charge is -2.12. The van der Waals surface area contributed by atoms with E-state index in [2.05, 4.69) is 5.32 Å². The second kappa shape index (κ2) is 6.37. The number of rotatable bonds is 4. The van der Waals surface area contributed by atoms with Crippen LogP contribution >= 0.6 is 11.3 Å². The number of carbonyl (C=O) groups is 2. The Morgan fingerprint density at radius 3 is 2.60 bits per heavy atom. The van der Waals surface area contributed by atoms with Crippen LogP contribution in [0.2, 0.25) is 0 Å². The first-order chi connectivity index (χ1) is 9.58. The van der Waals surface area contributed by atoms with Gasteiger partial charge in [-0.1, -0.05) is 0 Å². The summed E-state index contributed by atoms with van der Waals surface area (Å²) in [5.41, 5.74) is 1.55. The summed E-state index contributed by atoms with van der Waals surface area (Å²) in [4.78, 5) is 25.1. The van der Waals surface area contributed by atoms with Crippen LogP contribution in [-0.2, 0) is 27.1 Å². The number of nitrogens with one attached hydrogen (secondary N) is 1. The molecule has 0 saturated heterocycles. The summed E-state index contributed by atoms with van der Waals surface area (Å²) in [7, 11) is 2.84. The number of thiophene rings is 1. The molecule has 1 aliphatic rings. The van der Waals surface area contributed by atoms with Gasteiger partial charge in [0.1, 0.15) is 11.1 Å². The van der Waals surface area contributed by atoms with Gasteiger partial charge in [0, 0.05) is 12.0 Å². The molecule has 1 amide bonds. The molecule has 0 aliphatic heterocycles. The summed E-state index contributed by atoms with van der Waals surface area (Å²) in [6.07, 6.45) is 3.46. The van der Waals surface area contributed by atoms with Crippen molar-refractivity contribution in [2.24, 2.45) is 0 Å². The van der Waals surface area contributed by atoms with Gasteiger partial charge in [0.15, 0.2) is 0 Å². The average molecular weight is 297 g/mol. The molecule has 1 heterocycles. The van der Waals surface area contributed by atoms with E-state index < -0.39 is 6.10 Å². The quantitative estimate of drug-likeness (QED) is 0.867. The first-order valence-electron chi connectivity index (χ1n) is 6.65. The van der Waals surface area contributed by atoms with Gasteiger partial charge >= 0.3 is 5.97 Å². The van der Waals surface area contributed by atoms with Gasteiger partial charge in [-0.25, -0.2) is 4.79 Å². The molecule has 0 saturated carbocycles. The summed E-state index contributed by atoms with van der Waals surface area (Å²) in [6.45, 7) is 1.67. The van der Waals surface area contributed by atoms with Gasteiger partial charge in [-0.15, -0.1) is 11.3 Å². The van der Waals surface area contributed by atoms with E-state index in [4.69, 9.17) is 9.47 Å². The fourth-order valence-corrected chi connectivity index (χ4v) is 3.57. The minimum absolute atomic E-state index is 0.253. The Balaban J connectivity index is 2.34. The number of anilines is 1. The molecule has 110 valence electrons. The summed E-state index contributed by atoms with van der Waals surface area (Å²) < 4.78 is 9.84. The molecule has 20 heavy (non-hydrogen) atoms. The molecule has 1 unspecified atom stereocenters. The Morgan fingerprint density at radius 1 is 1.25 bits per heavy atom.